The van der Waals surface area contributed by atoms with Crippen LogP contribution in [0.15, 0.2) is 239 Å². The fourth-order valence-electron chi connectivity index (χ4n) is 9.37. The summed E-state index contributed by atoms with van der Waals surface area (Å²) in [4.78, 5) is 20.2. The fourth-order valence-corrected chi connectivity index (χ4v) is 9.37. The molecule has 4 heterocycles. The van der Waals surface area contributed by atoms with E-state index in [1.165, 1.54) is 0 Å². The van der Waals surface area contributed by atoms with E-state index in [1.807, 2.05) is 78.9 Å². The van der Waals surface area contributed by atoms with Gasteiger partial charge in [-0.25, -0.2) is 19.9 Å². The summed E-state index contributed by atoms with van der Waals surface area (Å²) in [5, 5.41) is 4.14. The molecule has 0 fully saturated rings. The van der Waals surface area contributed by atoms with Crippen molar-refractivity contribution < 1.29 is 8.83 Å². The minimum absolute atomic E-state index is 0.682. The average Bonchev–Trinajstić information content (AvgIpc) is 3.98. The van der Waals surface area contributed by atoms with Crippen LogP contribution in [0, 0.1) is 0 Å². The molecular weight excluding hydrogens is 833 g/mol. The highest BCUT2D eigenvalue weighted by Crippen LogP contribution is 2.43. The normalized spacial score (nSPS) is 11.5. The monoisotopic (exact) mass is 870 g/mol. The lowest BCUT2D eigenvalue weighted by Crippen LogP contribution is -1.96. The number of rotatable bonds is 8. The van der Waals surface area contributed by atoms with E-state index < -0.39 is 0 Å². The van der Waals surface area contributed by atoms with Crippen LogP contribution in [0.4, 0.5) is 0 Å². The lowest BCUT2D eigenvalue weighted by molar-refractivity contribution is 0.657. The van der Waals surface area contributed by atoms with Crippen LogP contribution >= 0.6 is 0 Å². The summed E-state index contributed by atoms with van der Waals surface area (Å²) in [6.45, 7) is 0. The molecule has 0 saturated carbocycles. The maximum Gasteiger partial charge on any atom is 0.160 e. The molecule has 4 aromatic heterocycles. The molecule has 9 aromatic carbocycles. The zero-order valence-electron chi connectivity index (χ0n) is 36.5. The molecule has 0 atom stereocenters. The van der Waals surface area contributed by atoms with Crippen LogP contribution in [0.5, 0.6) is 0 Å². The Bertz CT molecular complexity index is 3640. The third-order valence-electron chi connectivity index (χ3n) is 12.7. The van der Waals surface area contributed by atoms with Gasteiger partial charge in [-0.15, -0.1) is 0 Å². The van der Waals surface area contributed by atoms with Gasteiger partial charge in [-0.3, -0.25) is 0 Å². The molecule has 0 amide bonds. The lowest BCUT2D eigenvalue weighted by Gasteiger charge is -2.11. The Kier molecular flexibility index (Phi) is 9.39. The van der Waals surface area contributed by atoms with Crippen LogP contribution in [0.1, 0.15) is 0 Å². The van der Waals surface area contributed by atoms with Crippen molar-refractivity contribution in [2.45, 2.75) is 0 Å². The van der Waals surface area contributed by atoms with Crippen molar-refractivity contribution in [1.82, 2.24) is 19.9 Å². The second kappa shape index (κ2) is 16.3. The molecule has 318 valence electrons. The van der Waals surface area contributed by atoms with E-state index in [-0.39, 0.29) is 0 Å². The number of benzene rings is 9. The average molecular weight is 871 g/mol. The highest BCUT2D eigenvalue weighted by Gasteiger charge is 2.20. The molecule has 6 nitrogen and oxygen atoms in total. The molecule has 0 aliphatic rings. The van der Waals surface area contributed by atoms with Gasteiger partial charge in [0.05, 0.1) is 22.8 Å². The van der Waals surface area contributed by atoms with Gasteiger partial charge in [-0.1, -0.05) is 194 Å². The van der Waals surface area contributed by atoms with Crippen molar-refractivity contribution in [3.05, 3.63) is 231 Å². The van der Waals surface area contributed by atoms with Crippen molar-refractivity contribution >= 4 is 43.9 Å². The van der Waals surface area contributed by atoms with Crippen LogP contribution < -0.4 is 0 Å². The first-order valence-corrected chi connectivity index (χ1v) is 22.7. The number of fused-ring (bicyclic) bond motifs is 6. The molecule has 0 saturated heterocycles. The molecule has 0 unspecified atom stereocenters. The van der Waals surface area contributed by atoms with Crippen molar-refractivity contribution in [1.29, 1.82) is 0 Å². The van der Waals surface area contributed by atoms with Gasteiger partial charge in [0, 0.05) is 72.1 Å². The largest absolute Gasteiger partial charge is 0.455 e. The van der Waals surface area contributed by atoms with Gasteiger partial charge >= 0.3 is 0 Å². The van der Waals surface area contributed by atoms with Crippen molar-refractivity contribution in [2.24, 2.45) is 0 Å². The maximum atomic E-state index is 6.81. The Balaban J connectivity index is 0.884. The molecule has 0 aliphatic carbocycles. The summed E-state index contributed by atoms with van der Waals surface area (Å²) >= 11 is 0. The number of nitrogens with zero attached hydrogens (tertiary/aromatic N) is 4. The summed E-state index contributed by atoms with van der Waals surface area (Å²) in [6.07, 6.45) is 0. The quantitative estimate of drug-likeness (QED) is 0.151. The van der Waals surface area contributed by atoms with E-state index in [9.17, 15) is 0 Å². The molecule has 0 aliphatic heterocycles. The summed E-state index contributed by atoms with van der Waals surface area (Å²) < 4.78 is 13.6. The Morgan fingerprint density at radius 3 is 0.985 bits per heavy atom. The molecule has 13 rings (SSSR count). The molecular formula is C62H38N4O2. The molecule has 0 spiro atoms. The molecule has 0 radical (unpaired) electrons. The minimum atomic E-state index is 0.682. The number of furan rings is 2. The van der Waals surface area contributed by atoms with Gasteiger partial charge in [-0.2, -0.15) is 0 Å². The SMILES string of the molecule is c1ccc(-c2cc(-c3cccc(-c4cccc5c4oc4cc6oc7c(-c8cccc(-c9cc(-c%10ccccc%10)nc(-c%10ccccc%10)n9)c8)cccc7c6cc45)c3)nc(-c3ccccc3)n2)cc1. The summed E-state index contributed by atoms with van der Waals surface area (Å²) in [5.74, 6) is 1.36. The Hall–Kier alpha value is -9.26. The maximum absolute atomic E-state index is 6.81. The summed E-state index contributed by atoms with van der Waals surface area (Å²) in [5.41, 5.74) is 16.7. The second-order valence-corrected chi connectivity index (χ2v) is 17.0. The zero-order valence-corrected chi connectivity index (χ0v) is 36.5. The van der Waals surface area contributed by atoms with E-state index in [1.54, 1.807) is 0 Å². The first kappa shape index (κ1) is 39.1. The Labute approximate surface area is 391 Å². The van der Waals surface area contributed by atoms with Crippen molar-refractivity contribution in [2.75, 3.05) is 0 Å². The highest BCUT2D eigenvalue weighted by molar-refractivity contribution is 6.18. The number of hydrogen-bond acceptors (Lipinski definition) is 6. The van der Waals surface area contributed by atoms with Gasteiger partial charge in [0.15, 0.2) is 11.6 Å². The van der Waals surface area contributed by atoms with Gasteiger partial charge in [-0.05, 0) is 41.5 Å². The van der Waals surface area contributed by atoms with E-state index >= 15 is 0 Å². The third-order valence-corrected chi connectivity index (χ3v) is 12.7. The number of para-hydroxylation sites is 2. The van der Waals surface area contributed by atoms with E-state index in [4.69, 9.17) is 28.8 Å². The van der Waals surface area contributed by atoms with Gasteiger partial charge in [0.25, 0.3) is 0 Å². The Morgan fingerprint density at radius 1 is 0.235 bits per heavy atom. The minimum Gasteiger partial charge on any atom is -0.455 e. The molecule has 13 aromatic rings. The molecule has 0 bridgehead atoms. The van der Waals surface area contributed by atoms with Crippen molar-refractivity contribution in [3.8, 4) is 90.1 Å². The van der Waals surface area contributed by atoms with Crippen LogP contribution in [0.25, 0.3) is 134 Å². The zero-order chi connectivity index (χ0) is 45.0. The van der Waals surface area contributed by atoms with Crippen LogP contribution in [0.2, 0.25) is 0 Å². The smallest absolute Gasteiger partial charge is 0.160 e. The van der Waals surface area contributed by atoms with Gasteiger partial charge in [0.1, 0.15) is 22.3 Å². The first-order chi connectivity index (χ1) is 33.7. The van der Waals surface area contributed by atoms with E-state index in [0.29, 0.717) is 11.6 Å². The first-order valence-electron chi connectivity index (χ1n) is 22.7. The Morgan fingerprint density at radius 2 is 0.574 bits per heavy atom. The topological polar surface area (TPSA) is 77.8 Å². The number of aromatic nitrogens is 4. The lowest BCUT2D eigenvalue weighted by atomic mass is 9.98. The summed E-state index contributed by atoms with van der Waals surface area (Å²) in [7, 11) is 0. The van der Waals surface area contributed by atoms with Crippen LogP contribution in [-0.2, 0) is 0 Å². The second-order valence-electron chi connectivity index (χ2n) is 17.0. The molecule has 6 heteroatoms. The predicted molar refractivity (Wildman–Crippen MR) is 276 cm³/mol. The van der Waals surface area contributed by atoms with E-state index in [0.717, 1.165) is 122 Å². The van der Waals surface area contributed by atoms with E-state index in [2.05, 4.69) is 152 Å². The van der Waals surface area contributed by atoms with Gasteiger partial charge in [0.2, 0.25) is 0 Å². The van der Waals surface area contributed by atoms with Crippen molar-refractivity contribution in [3.63, 3.8) is 0 Å². The summed E-state index contributed by atoms with van der Waals surface area (Å²) in [6, 6.07) is 79.0. The molecule has 68 heavy (non-hydrogen) atoms. The van der Waals surface area contributed by atoms with Gasteiger partial charge < -0.3 is 8.83 Å². The highest BCUT2D eigenvalue weighted by atomic mass is 16.3. The molecule has 0 N–H and O–H groups in total. The van der Waals surface area contributed by atoms with Crippen LogP contribution in [-0.4, -0.2) is 19.9 Å². The third kappa shape index (κ3) is 7.00. The fraction of sp³-hybridized carbons (Fsp3) is 0. The predicted octanol–water partition coefficient (Wildman–Crippen LogP) is 16.4. The number of hydrogen-bond donors (Lipinski definition) is 0. The van der Waals surface area contributed by atoms with Crippen LogP contribution in [0.3, 0.4) is 0 Å². The standard InChI is InChI=1S/C62H38N4O2/c1-5-17-39(18-6-1)53-36-55(65-61(63-53)41-21-9-3-10-22-41)45-27-13-25-43(33-45)47-29-15-31-49-51-35-52-50-32-16-30-48(60(50)68-58(52)38-57(51)67-59(47)49)44-26-14-28-46(34-44)56-37-54(40-19-7-2-8-20-40)64-62(66-56)42-23-11-4-12-24-42/h1-38H.